The lowest BCUT2D eigenvalue weighted by Crippen LogP contribution is -2.23. The molecule has 19 heavy (non-hydrogen) atoms. The van der Waals surface area contributed by atoms with E-state index in [2.05, 4.69) is 8.86 Å². The van der Waals surface area contributed by atoms with Gasteiger partial charge in [0.1, 0.15) is 0 Å². The number of alkyl halides is 3. The SMILES string of the molecule is CC.CC(=P)c1cc(Cl)cc(S(=O)(=O)C(F)(F)F)c1. The summed E-state index contributed by atoms with van der Waals surface area (Å²) in [5, 5.41) is 0.397. The third-order valence-corrected chi connectivity index (χ3v) is 3.89. The minimum absolute atomic E-state index is 0.0806. The van der Waals surface area contributed by atoms with Crippen LogP contribution in [0.3, 0.4) is 0 Å². The summed E-state index contributed by atoms with van der Waals surface area (Å²) in [6.45, 7) is 5.56. The fourth-order valence-electron chi connectivity index (χ4n) is 1.07. The summed E-state index contributed by atoms with van der Waals surface area (Å²) in [7, 11) is -2.27. The number of halogens is 4. The van der Waals surface area contributed by atoms with Crippen molar-refractivity contribution in [3.63, 3.8) is 0 Å². The molecule has 0 amide bonds. The molecule has 0 radical (unpaired) electrons. The lowest BCUT2D eigenvalue weighted by Gasteiger charge is -2.10. The average molecular weight is 333 g/mol. The quantitative estimate of drug-likeness (QED) is 0.755. The zero-order chi connectivity index (χ0) is 15.4. The second kappa shape index (κ2) is 6.73. The molecule has 0 spiro atoms. The van der Waals surface area contributed by atoms with Crippen LogP contribution in [0.4, 0.5) is 13.2 Å². The molecule has 0 aliphatic carbocycles. The molecule has 1 aromatic rings. The Morgan fingerprint density at radius 3 is 2.05 bits per heavy atom. The summed E-state index contributed by atoms with van der Waals surface area (Å²) >= 11 is 5.58. The van der Waals surface area contributed by atoms with E-state index in [4.69, 9.17) is 11.6 Å². The summed E-state index contributed by atoms with van der Waals surface area (Å²) < 4.78 is 59.3. The van der Waals surface area contributed by atoms with Crippen molar-refractivity contribution in [2.75, 3.05) is 0 Å². The van der Waals surface area contributed by atoms with Gasteiger partial charge in [-0.1, -0.05) is 25.4 Å². The summed E-state index contributed by atoms with van der Waals surface area (Å²) in [6, 6.07) is 3.04. The van der Waals surface area contributed by atoms with E-state index in [1.807, 2.05) is 13.8 Å². The molecule has 1 aromatic carbocycles. The summed E-state index contributed by atoms with van der Waals surface area (Å²) in [4.78, 5) is -0.870. The van der Waals surface area contributed by atoms with Gasteiger partial charge in [-0.05, 0) is 36.0 Å². The third kappa shape index (κ3) is 4.48. The van der Waals surface area contributed by atoms with Crippen LogP contribution in [-0.4, -0.2) is 19.2 Å². The Labute approximate surface area is 117 Å². The molecule has 0 fully saturated rings. The molecule has 0 atom stereocenters. The van der Waals surface area contributed by atoms with Crippen LogP contribution in [0.2, 0.25) is 5.02 Å². The minimum atomic E-state index is -5.37. The maximum Gasteiger partial charge on any atom is 0.501 e. The van der Waals surface area contributed by atoms with Gasteiger partial charge in [-0.15, -0.1) is 8.86 Å². The van der Waals surface area contributed by atoms with E-state index in [-0.39, 0.29) is 10.6 Å². The molecule has 0 saturated carbocycles. The first-order valence-corrected chi connectivity index (χ1v) is 7.59. The Bertz CT molecular complexity index is 568. The Morgan fingerprint density at radius 2 is 1.68 bits per heavy atom. The molecule has 0 saturated heterocycles. The minimum Gasteiger partial charge on any atom is -0.214 e. The van der Waals surface area contributed by atoms with Crippen molar-refractivity contribution in [1.29, 1.82) is 0 Å². The fraction of sp³-hybridized carbons (Fsp3) is 0.364. The number of rotatable bonds is 2. The van der Waals surface area contributed by atoms with Gasteiger partial charge in [0, 0.05) is 5.02 Å². The standard InChI is InChI=1S/C9H7ClF3O2PS.C2H6/c1-5(16)6-2-7(10)4-8(3-6)17(14,15)9(11,12)13;1-2/h2-4,16H,1H3;1-2H3. The normalized spacial score (nSPS) is 11.5. The molecule has 1 rings (SSSR count). The Kier molecular flexibility index (Phi) is 6.52. The van der Waals surface area contributed by atoms with Crippen molar-refractivity contribution in [2.45, 2.75) is 31.2 Å². The summed E-state index contributed by atoms with van der Waals surface area (Å²) in [5.41, 5.74) is -5.06. The second-order valence-corrected chi connectivity index (χ2v) is 6.38. The van der Waals surface area contributed by atoms with E-state index < -0.39 is 20.2 Å². The van der Waals surface area contributed by atoms with Crippen LogP contribution in [0.1, 0.15) is 26.3 Å². The van der Waals surface area contributed by atoms with Gasteiger partial charge in [-0.2, -0.15) is 13.2 Å². The molecule has 0 aromatic heterocycles. The van der Waals surface area contributed by atoms with Gasteiger partial charge in [0.25, 0.3) is 9.84 Å². The highest BCUT2D eigenvalue weighted by atomic mass is 35.5. The molecule has 0 unspecified atom stereocenters. The lowest BCUT2D eigenvalue weighted by molar-refractivity contribution is -0.0436. The first-order chi connectivity index (χ1) is 8.55. The Morgan fingerprint density at radius 1 is 1.21 bits per heavy atom. The van der Waals surface area contributed by atoms with Crippen molar-refractivity contribution in [3.8, 4) is 0 Å². The van der Waals surface area contributed by atoms with Gasteiger partial charge >= 0.3 is 5.51 Å². The molecule has 0 aliphatic rings. The Hall–Kier alpha value is -0.580. The number of hydrogen-bond acceptors (Lipinski definition) is 2. The van der Waals surface area contributed by atoms with Crippen LogP contribution in [0, 0.1) is 0 Å². The molecule has 2 nitrogen and oxygen atoms in total. The third-order valence-electron chi connectivity index (χ3n) is 1.92. The molecular weight excluding hydrogens is 320 g/mol. The van der Waals surface area contributed by atoms with E-state index in [0.717, 1.165) is 12.1 Å². The molecule has 0 aliphatic heterocycles. The zero-order valence-electron chi connectivity index (χ0n) is 10.5. The molecular formula is C11H13ClF3O2PS. The van der Waals surface area contributed by atoms with E-state index in [1.165, 1.54) is 6.07 Å². The molecule has 0 heterocycles. The van der Waals surface area contributed by atoms with Crippen LogP contribution in [0.5, 0.6) is 0 Å². The van der Waals surface area contributed by atoms with E-state index in [1.54, 1.807) is 6.92 Å². The van der Waals surface area contributed by atoms with Crippen molar-refractivity contribution < 1.29 is 21.6 Å². The van der Waals surface area contributed by atoms with Gasteiger partial charge in [0.15, 0.2) is 0 Å². The highest BCUT2D eigenvalue weighted by Crippen LogP contribution is 2.32. The largest absolute Gasteiger partial charge is 0.501 e. The number of hydrogen-bond donors (Lipinski definition) is 0. The lowest BCUT2D eigenvalue weighted by atomic mass is 10.2. The zero-order valence-corrected chi connectivity index (χ0v) is 13.0. The summed E-state index contributed by atoms with van der Waals surface area (Å²) in [6.07, 6.45) is 0. The fourth-order valence-corrected chi connectivity index (χ4v) is 2.34. The topological polar surface area (TPSA) is 34.1 Å². The monoisotopic (exact) mass is 332 g/mol. The van der Waals surface area contributed by atoms with E-state index in [9.17, 15) is 21.6 Å². The maximum absolute atomic E-state index is 12.3. The van der Waals surface area contributed by atoms with Crippen LogP contribution in [0.15, 0.2) is 23.1 Å². The van der Waals surface area contributed by atoms with Crippen molar-refractivity contribution in [1.82, 2.24) is 0 Å². The van der Waals surface area contributed by atoms with Crippen LogP contribution in [0.25, 0.3) is 0 Å². The van der Waals surface area contributed by atoms with E-state index >= 15 is 0 Å². The van der Waals surface area contributed by atoms with Crippen molar-refractivity contribution in [3.05, 3.63) is 28.8 Å². The van der Waals surface area contributed by atoms with Gasteiger partial charge in [0.2, 0.25) is 0 Å². The number of benzene rings is 1. The van der Waals surface area contributed by atoms with Crippen molar-refractivity contribution in [2.24, 2.45) is 0 Å². The highest BCUT2D eigenvalue weighted by molar-refractivity contribution is 7.92. The predicted octanol–water partition coefficient (Wildman–Crippen LogP) is 4.34. The number of sulfone groups is 1. The van der Waals surface area contributed by atoms with Gasteiger partial charge < -0.3 is 0 Å². The second-order valence-electron chi connectivity index (χ2n) is 3.25. The molecule has 108 valence electrons. The van der Waals surface area contributed by atoms with Crippen LogP contribution < -0.4 is 0 Å². The summed E-state index contributed by atoms with van der Waals surface area (Å²) in [5.74, 6) is 0. The maximum atomic E-state index is 12.3. The molecule has 0 bridgehead atoms. The predicted molar refractivity (Wildman–Crippen MR) is 74.1 cm³/mol. The Balaban J connectivity index is 0.00000154. The van der Waals surface area contributed by atoms with Crippen LogP contribution >= 0.6 is 20.5 Å². The van der Waals surface area contributed by atoms with Crippen molar-refractivity contribution >= 4 is 35.6 Å². The van der Waals surface area contributed by atoms with Gasteiger partial charge in [-0.25, -0.2) is 8.42 Å². The van der Waals surface area contributed by atoms with Gasteiger partial charge in [0.05, 0.1) is 4.90 Å². The van der Waals surface area contributed by atoms with E-state index in [0.29, 0.717) is 5.29 Å². The van der Waals surface area contributed by atoms with Crippen LogP contribution in [-0.2, 0) is 9.84 Å². The molecule has 0 N–H and O–H groups in total. The average Bonchev–Trinajstić information content (AvgIpc) is 2.29. The smallest absolute Gasteiger partial charge is 0.214 e. The highest BCUT2D eigenvalue weighted by Gasteiger charge is 2.47. The first kappa shape index (κ1) is 18.4. The first-order valence-electron chi connectivity index (χ1n) is 5.23. The van der Waals surface area contributed by atoms with Gasteiger partial charge in [-0.3, -0.25) is 0 Å². The molecule has 8 heteroatoms.